The number of morpholine rings is 1. The Balaban J connectivity index is 1.35. The van der Waals surface area contributed by atoms with Gasteiger partial charge in [-0.1, -0.05) is 23.5 Å². The fourth-order valence-corrected chi connectivity index (χ4v) is 4.19. The summed E-state index contributed by atoms with van der Waals surface area (Å²) in [5.74, 6) is 0.483. The van der Waals surface area contributed by atoms with Crippen molar-refractivity contribution < 1.29 is 14.3 Å². The highest BCUT2D eigenvalue weighted by atomic mass is 32.1. The number of anilines is 1. The SMILES string of the molecule is Cc1ccc(OCC(=O)Nc2nc3ccc(CN4CCOCC4)cc3s2)cc1C. The van der Waals surface area contributed by atoms with Crippen LogP contribution in [0.1, 0.15) is 16.7 Å². The van der Waals surface area contributed by atoms with Crippen LogP contribution in [0.25, 0.3) is 10.2 Å². The van der Waals surface area contributed by atoms with Crippen LogP contribution in [0.15, 0.2) is 36.4 Å². The average molecular weight is 412 g/mol. The molecular formula is C22H25N3O3S. The number of nitrogens with one attached hydrogen (secondary N) is 1. The van der Waals surface area contributed by atoms with Gasteiger partial charge in [0.25, 0.3) is 5.91 Å². The first-order valence-corrected chi connectivity index (χ1v) is 10.6. The van der Waals surface area contributed by atoms with Crippen molar-refractivity contribution in [3.63, 3.8) is 0 Å². The summed E-state index contributed by atoms with van der Waals surface area (Å²) < 4.78 is 12.1. The van der Waals surface area contributed by atoms with Crippen LogP contribution in [0.2, 0.25) is 0 Å². The number of carbonyl (C=O) groups is 1. The van der Waals surface area contributed by atoms with Gasteiger partial charge in [-0.05, 0) is 54.8 Å². The summed E-state index contributed by atoms with van der Waals surface area (Å²) in [6.45, 7) is 8.45. The van der Waals surface area contributed by atoms with Gasteiger partial charge in [-0.25, -0.2) is 4.98 Å². The van der Waals surface area contributed by atoms with Gasteiger partial charge in [-0.15, -0.1) is 0 Å². The molecule has 0 radical (unpaired) electrons. The number of aromatic nitrogens is 1. The second kappa shape index (κ2) is 8.90. The molecule has 6 nitrogen and oxygen atoms in total. The minimum Gasteiger partial charge on any atom is -0.484 e. The zero-order valence-electron chi connectivity index (χ0n) is 16.7. The molecule has 2 heterocycles. The molecule has 7 heteroatoms. The van der Waals surface area contributed by atoms with E-state index >= 15 is 0 Å². The number of nitrogens with zero attached hydrogens (tertiary/aromatic N) is 2. The third-order valence-electron chi connectivity index (χ3n) is 5.06. The topological polar surface area (TPSA) is 63.7 Å². The summed E-state index contributed by atoms with van der Waals surface area (Å²) in [5, 5.41) is 3.44. The molecule has 0 saturated carbocycles. The molecule has 1 saturated heterocycles. The maximum Gasteiger partial charge on any atom is 0.264 e. The second-order valence-corrected chi connectivity index (χ2v) is 8.32. The number of amides is 1. The molecule has 2 aromatic carbocycles. The molecule has 1 amide bonds. The van der Waals surface area contributed by atoms with Crippen LogP contribution >= 0.6 is 11.3 Å². The Labute approximate surface area is 174 Å². The molecular weight excluding hydrogens is 386 g/mol. The van der Waals surface area contributed by atoms with Gasteiger partial charge in [0.1, 0.15) is 5.75 Å². The zero-order valence-corrected chi connectivity index (χ0v) is 17.6. The summed E-state index contributed by atoms with van der Waals surface area (Å²) in [7, 11) is 0. The number of benzene rings is 2. The molecule has 29 heavy (non-hydrogen) atoms. The van der Waals surface area contributed by atoms with Crippen molar-refractivity contribution in [1.82, 2.24) is 9.88 Å². The Bertz CT molecular complexity index is 1010. The van der Waals surface area contributed by atoms with Gasteiger partial charge in [0.05, 0.1) is 23.4 Å². The fraction of sp³-hybridized carbons (Fsp3) is 0.364. The van der Waals surface area contributed by atoms with Crippen molar-refractivity contribution in [3.8, 4) is 5.75 Å². The maximum absolute atomic E-state index is 12.3. The van der Waals surface area contributed by atoms with E-state index in [0.29, 0.717) is 10.9 Å². The van der Waals surface area contributed by atoms with Crippen LogP contribution in [0.3, 0.4) is 0 Å². The Morgan fingerprint density at radius 1 is 1.17 bits per heavy atom. The molecule has 1 fully saturated rings. The number of hydrogen-bond donors (Lipinski definition) is 1. The van der Waals surface area contributed by atoms with Crippen molar-refractivity contribution in [2.45, 2.75) is 20.4 Å². The summed E-state index contributed by atoms with van der Waals surface area (Å²) in [4.78, 5) is 19.2. The first-order valence-electron chi connectivity index (χ1n) is 9.76. The van der Waals surface area contributed by atoms with Crippen LogP contribution in [-0.2, 0) is 16.1 Å². The molecule has 0 atom stereocenters. The number of thiazole rings is 1. The van der Waals surface area contributed by atoms with Gasteiger partial charge < -0.3 is 9.47 Å². The first-order chi connectivity index (χ1) is 14.1. The number of hydrogen-bond acceptors (Lipinski definition) is 6. The summed E-state index contributed by atoms with van der Waals surface area (Å²) >= 11 is 1.49. The first kappa shape index (κ1) is 19.8. The molecule has 1 aromatic heterocycles. The minimum atomic E-state index is -0.212. The molecule has 3 aromatic rings. The summed E-state index contributed by atoms with van der Waals surface area (Å²) in [6, 6.07) is 12.1. The lowest BCUT2D eigenvalue weighted by Crippen LogP contribution is -2.35. The average Bonchev–Trinajstić information content (AvgIpc) is 3.11. The van der Waals surface area contributed by atoms with Crippen molar-refractivity contribution in [3.05, 3.63) is 53.1 Å². The van der Waals surface area contributed by atoms with Crippen molar-refractivity contribution in [2.75, 3.05) is 38.2 Å². The van der Waals surface area contributed by atoms with Crippen LogP contribution in [0.5, 0.6) is 5.75 Å². The van der Waals surface area contributed by atoms with Crippen molar-refractivity contribution >= 4 is 32.6 Å². The van der Waals surface area contributed by atoms with Gasteiger partial charge >= 0.3 is 0 Å². The molecule has 152 valence electrons. The molecule has 0 aliphatic carbocycles. The molecule has 1 aliphatic rings. The standard InChI is InChI=1S/C22H25N3O3S/c1-15-3-5-18(11-16(15)2)28-14-21(26)24-22-23-19-6-4-17(12-20(19)29-22)13-25-7-9-27-10-8-25/h3-6,11-12H,7-10,13-14H2,1-2H3,(H,23,24,26). The fourth-order valence-electron chi connectivity index (χ4n) is 3.25. The van der Waals surface area contributed by atoms with E-state index in [2.05, 4.69) is 27.3 Å². The highest BCUT2D eigenvalue weighted by Gasteiger charge is 2.13. The number of carbonyl (C=O) groups excluding carboxylic acids is 1. The molecule has 4 rings (SSSR count). The van der Waals surface area contributed by atoms with Gasteiger partial charge in [0, 0.05) is 19.6 Å². The van der Waals surface area contributed by atoms with Crippen LogP contribution in [0.4, 0.5) is 5.13 Å². The van der Waals surface area contributed by atoms with E-state index in [1.807, 2.05) is 38.1 Å². The molecule has 0 bridgehead atoms. The lowest BCUT2D eigenvalue weighted by molar-refractivity contribution is -0.118. The third-order valence-corrected chi connectivity index (χ3v) is 5.99. The number of aryl methyl sites for hydroxylation is 2. The Morgan fingerprint density at radius 2 is 2.00 bits per heavy atom. The van der Waals surface area contributed by atoms with Crippen LogP contribution in [-0.4, -0.2) is 48.7 Å². The zero-order chi connectivity index (χ0) is 20.2. The van der Waals surface area contributed by atoms with E-state index in [1.54, 1.807) is 0 Å². The number of fused-ring (bicyclic) bond motifs is 1. The van der Waals surface area contributed by atoms with Crippen LogP contribution in [0, 0.1) is 13.8 Å². The van der Waals surface area contributed by atoms with E-state index in [4.69, 9.17) is 9.47 Å². The Morgan fingerprint density at radius 3 is 2.79 bits per heavy atom. The lowest BCUT2D eigenvalue weighted by Gasteiger charge is -2.26. The molecule has 1 N–H and O–H groups in total. The van der Waals surface area contributed by atoms with E-state index in [-0.39, 0.29) is 12.5 Å². The van der Waals surface area contributed by atoms with Gasteiger partial charge in [-0.2, -0.15) is 0 Å². The minimum absolute atomic E-state index is 0.0410. The van der Waals surface area contributed by atoms with E-state index in [9.17, 15) is 4.79 Å². The van der Waals surface area contributed by atoms with Crippen molar-refractivity contribution in [2.24, 2.45) is 0 Å². The largest absolute Gasteiger partial charge is 0.484 e. The predicted octanol–water partition coefficient (Wildman–Crippen LogP) is 3.76. The third kappa shape index (κ3) is 5.12. The van der Waals surface area contributed by atoms with E-state index in [1.165, 1.54) is 22.5 Å². The quantitative estimate of drug-likeness (QED) is 0.669. The Kier molecular flexibility index (Phi) is 6.08. The highest BCUT2D eigenvalue weighted by molar-refractivity contribution is 7.22. The summed E-state index contributed by atoms with van der Waals surface area (Å²) in [6.07, 6.45) is 0. The van der Waals surface area contributed by atoms with Crippen LogP contribution < -0.4 is 10.1 Å². The highest BCUT2D eigenvalue weighted by Crippen LogP contribution is 2.27. The van der Waals surface area contributed by atoms with Gasteiger partial charge in [0.15, 0.2) is 11.7 Å². The lowest BCUT2D eigenvalue weighted by atomic mass is 10.1. The normalized spacial score (nSPS) is 14.8. The molecule has 1 aliphatic heterocycles. The monoisotopic (exact) mass is 411 g/mol. The van der Waals surface area contributed by atoms with Gasteiger partial charge in [0.2, 0.25) is 0 Å². The van der Waals surface area contributed by atoms with E-state index in [0.717, 1.165) is 48.6 Å². The van der Waals surface area contributed by atoms with E-state index < -0.39 is 0 Å². The van der Waals surface area contributed by atoms with Gasteiger partial charge in [-0.3, -0.25) is 15.0 Å². The maximum atomic E-state index is 12.3. The second-order valence-electron chi connectivity index (χ2n) is 7.29. The Hall–Kier alpha value is -2.48. The molecule has 0 unspecified atom stereocenters. The smallest absolute Gasteiger partial charge is 0.264 e. The number of ether oxygens (including phenoxy) is 2. The van der Waals surface area contributed by atoms with Crippen molar-refractivity contribution in [1.29, 1.82) is 0 Å². The predicted molar refractivity (Wildman–Crippen MR) is 116 cm³/mol. The summed E-state index contributed by atoms with van der Waals surface area (Å²) in [5.41, 5.74) is 4.48. The number of rotatable bonds is 6. The molecule has 0 spiro atoms.